The maximum absolute atomic E-state index is 13.2. The highest BCUT2D eigenvalue weighted by molar-refractivity contribution is 5.67. The largest absolute Gasteiger partial charge is 0.444 e. The van der Waals surface area contributed by atoms with Gasteiger partial charge in [0, 0.05) is 18.6 Å². The minimum atomic E-state index is -0.870. The van der Waals surface area contributed by atoms with E-state index in [4.69, 9.17) is 4.74 Å². The molecule has 0 saturated heterocycles. The normalized spacial score (nSPS) is 14.3. The third-order valence-corrected chi connectivity index (χ3v) is 2.93. The Labute approximate surface area is 130 Å². The second kappa shape index (κ2) is 7.54. The Morgan fingerprint density at radius 1 is 1.23 bits per heavy atom. The Morgan fingerprint density at radius 3 is 2.41 bits per heavy atom. The van der Waals surface area contributed by atoms with Crippen molar-refractivity contribution in [3.05, 3.63) is 35.4 Å². The van der Waals surface area contributed by atoms with Crippen molar-refractivity contribution in [3.63, 3.8) is 0 Å². The molecule has 0 aliphatic rings. The molecular weight excluding hydrogens is 290 g/mol. The summed E-state index contributed by atoms with van der Waals surface area (Å²) < 4.78 is 31.3. The predicted octanol–water partition coefficient (Wildman–Crippen LogP) is 3.53. The molecule has 0 aliphatic heterocycles. The van der Waals surface area contributed by atoms with Crippen molar-refractivity contribution in [1.82, 2.24) is 10.6 Å². The molecule has 4 nitrogen and oxygen atoms in total. The van der Waals surface area contributed by atoms with E-state index in [0.29, 0.717) is 12.1 Å². The van der Waals surface area contributed by atoms with Gasteiger partial charge in [0.05, 0.1) is 0 Å². The summed E-state index contributed by atoms with van der Waals surface area (Å²) >= 11 is 0. The van der Waals surface area contributed by atoms with Crippen LogP contribution in [-0.4, -0.2) is 24.3 Å². The van der Waals surface area contributed by atoms with Gasteiger partial charge in [0.15, 0.2) is 11.6 Å². The molecule has 2 unspecified atom stereocenters. The number of carbonyl (C=O) groups excluding carboxylic acids is 1. The Kier molecular flexibility index (Phi) is 6.29. The highest BCUT2D eigenvalue weighted by Crippen LogP contribution is 2.16. The summed E-state index contributed by atoms with van der Waals surface area (Å²) in [6.07, 6.45) is -0.485. The number of rotatable bonds is 5. The number of nitrogens with one attached hydrogen (secondary N) is 2. The Balaban J connectivity index is 2.45. The standard InChI is InChI=1S/C16H24F2N2O2/c1-10(9-19-15(21)22-16(3,4)5)20-11(2)12-6-7-13(17)14(18)8-12/h6-8,10-11,20H,9H2,1-5H3,(H,19,21). The lowest BCUT2D eigenvalue weighted by atomic mass is 10.1. The number of halogens is 2. The van der Waals surface area contributed by atoms with E-state index in [9.17, 15) is 13.6 Å². The molecule has 6 heteroatoms. The summed E-state index contributed by atoms with van der Waals surface area (Å²) in [5.74, 6) is -1.73. The van der Waals surface area contributed by atoms with Crippen molar-refractivity contribution in [2.45, 2.75) is 52.3 Å². The summed E-state index contributed by atoms with van der Waals surface area (Å²) in [6.45, 7) is 9.46. The summed E-state index contributed by atoms with van der Waals surface area (Å²) in [6, 6.07) is 3.57. The van der Waals surface area contributed by atoms with Gasteiger partial charge in [0.1, 0.15) is 5.60 Å². The SMILES string of the molecule is CC(CNC(=O)OC(C)(C)C)NC(C)c1ccc(F)c(F)c1. The highest BCUT2D eigenvalue weighted by atomic mass is 19.2. The van der Waals surface area contributed by atoms with Crippen LogP contribution >= 0.6 is 0 Å². The molecule has 0 heterocycles. The molecule has 0 saturated carbocycles. The zero-order valence-electron chi connectivity index (χ0n) is 13.7. The van der Waals surface area contributed by atoms with Gasteiger partial charge in [-0.2, -0.15) is 0 Å². The van der Waals surface area contributed by atoms with Gasteiger partial charge in [0.2, 0.25) is 0 Å². The molecule has 0 aromatic heterocycles. The van der Waals surface area contributed by atoms with Gasteiger partial charge in [0.25, 0.3) is 0 Å². The van der Waals surface area contributed by atoms with Crippen molar-refractivity contribution in [3.8, 4) is 0 Å². The number of hydrogen-bond acceptors (Lipinski definition) is 3. The quantitative estimate of drug-likeness (QED) is 0.874. The van der Waals surface area contributed by atoms with Gasteiger partial charge in [-0.15, -0.1) is 0 Å². The van der Waals surface area contributed by atoms with Crippen LogP contribution in [0.3, 0.4) is 0 Å². The zero-order chi connectivity index (χ0) is 16.9. The average molecular weight is 314 g/mol. The van der Waals surface area contributed by atoms with Crippen molar-refractivity contribution >= 4 is 6.09 Å². The van der Waals surface area contributed by atoms with Crippen molar-refractivity contribution in [2.75, 3.05) is 6.54 Å². The minimum absolute atomic E-state index is 0.0596. The zero-order valence-corrected chi connectivity index (χ0v) is 13.7. The first-order chi connectivity index (χ1) is 10.1. The molecule has 124 valence electrons. The molecular formula is C16H24F2N2O2. The predicted molar refractivity (Wildman–Crippen MR) is 81.6 cm³/mol. The van der Waals surface area contributed by atoms with E-state index in [-0.39, 0.29) is 12.1 Å². The fraction of sp³-hybridized carbons (Fsp3) is 0.562. The van der Waals surface area contributed by atoms with Crippen molar-refractivity contribution in [1.29, 1.82) is 0 Å². The fourth-order valence-corrected chi connectivity index (χ4v) is 1.91. The Hall–Kier alpha value is -1.69. The van der Waals surface area contributed by atoms with Crippen LogP contribution in [0.5, 0.6) is 0 Å². The first-order valence-electron chi connectivity index (χ1n) is 7.26. The molecule has 1 aromatic rings. The van der Waals surface area contributed by atoms with E-state index in [1.807, 2.05) is 13.8 Å². The molecule has 1 aromatic carbocycles. The van der Waals surface area contributed by atoms with Gasteiger partial charge in [-0.25, -0.2) is 13.6 Å². The molecule has 22 heavy (non-hydrogen) atoms. The van der Waals surface area contributed by atoms with Gasteiger partial charge >= 0.3 is 6.09 Å². The Morgan fingerprint density at radius 2 is 1.86 bits per heavy atom. The number of amides is 1. The second-order valence-electron chi connectivity index (χ2n) is 6.35. The molecule has 2 atom stereocenters. The summed E-state index contributed by atoms with van der Waals surface area (Å²) in [7, 11) is 0. The smallest absolute Gasteiger partial charge is 0.407 e. The topological polar surface area (TPSA) is 50.4 Å². The van der Waals surface area contributed by atoms with Crippen LogP contribution in [0.4, 0.5) is 13.6 Å². The third-order valence-electron chi connectivity index (χ3n) is 2.93. The van der Waals surface area contributed by atoms with Gasteiger partial charge in [-0.1, -0.05) is 6.07 Å². The fourth-order valence-electron chi connectivity index (χ4n) is 1.91. The molecule has 1 amide bonds. The number of ether oxygens (including phenoxy) is 1. The molecule has 0 fully saturated rings. The summed E-state index contributed by atoms with van der Waals surface area (Å²) in [4.78, 5) is 11.5. The van der Waals surface area contributed by atoms with Crippen LogP contribution < -0.4 is 10.6 Å². The minimum Gasteiger partial charge on any atom is -0.444 e. The Bertz CT molecular complexity index is 515. The molecule has 2 N–H and O–H groups in total. The number of alkyl carbamates (subject to hydrolysis) is 1. The van der Waals surface area contributed by atoms with Crippen LogP contribution in [0, 0.1) is 11.6 Å². The van der Waals surface area contributed by atoms with E-state index < -0.39 is 23.3 Å². The van der Waals surface area contributed by atoms with Crippen LogP contribution in [0.2, 0.25) is 0 Å². The van der Waals surface area contributed by atoms with Gasteiger partial charge in [-0.05, 0) is 52.3 Å². The lowest BCUT2D eigenvalue weighted by molar-refractivity contribution is 0.0522. The van der Waals surface area contributed by atoms with Crippen molar-refractivity contribution in [2.24, 2.45) is 0 Å². The molecule has 0 spiro atoms. The van der Waals surface area contributed by atoms with Crippen LogP contribution in [0.1, 0.15) is 46.2 Å². The summed E-state index contributed by atoms with van der Waals surface area (Å²) in [5.41, 5.74) is 0.0997. The van der Waals surface area contributed by atoms with E-state index in [0.717, 1.165) is 6.07 Å². The van der Waals surface area contributed by atoms with E-state index in [1.54, 1.807) is 20.8 Å². The molecule has 0 radical (unpaired) electrons. The number of hydrogen-bond donors (Lipinski definition) is 2. The molecule has 1 rings (SSSR count). The molecule has 0 aliphatic carbocycles. The van der Waals surface area contributed by atoms with E-state index in [1.165, 1.54) is 12.1 Å². The van der Waals surface area contributed by atoms with E-state index in [2.05, 4.69) is 10.6 Å². The average Bonchev–Trinajstić information content (AvgIpc) is 2.37. The lowest BCUT2D eigenvalue weighted by Gasteiger charge is -2.23. The first-order valence-corrected chi connectivity index (χ1v) is 7.26. The van der Waals surface area contributed by atoms with Crippen molar-refractivity contribution < 1.29 is 18.3 Å². The highest BCUT2D eigenvalue weighted by Gasteiger charge is 2.17. The number of benzene rings is 1. The monoisotopic (exact) mass is 314 g/mol. The van der Waals surface area contributed by atoms with Gasteiger partial charge in [-0.3, -0.25) is 0 Å². The third kappa shape index (κ3) is 6.39. The lowest BCUT2D eigenvalue weighted by Crippen LogP contribution is -2.42. The van der Waals surface area contributed by atoms with Crippen LogP contribution in [-0.2, 0) is 4.74 Å². The van der Waals surface area contributed by atoms with Crippen LogP contribution in [0.25, 0.3) is 0 Å². The number of carbonyl (C=O) groups is 1. The first kappa shape index (κ1) is 18.4. The second-order valence-corrected chi connectivity index (χ2v) is 6.35. The molecule has 0 bridgehead atoms. The maximum atomic E-state index is 13.2. The maximum Gasteiger partial charge on any atom is 0.407 e. The van der Waals surface area contributed by atoms with Crippen LogP contribution in [0.15, 0.2) is 18.2 Å². The van der Waals surface area contributed by atoms with Gasteiger partial charge < -0.3 is 15.4 Å². The van der Waals surface area contributed by atoms with E-state index >= 15 is 0 Å². The summed E-state index contributed by atoms with van der Waals surface area (Å²) in [5, 5.41) is 5.86.